The molecular formula is C9H13F2N3O2S. The van der Waals surface area contributed by atoms with E-state index in [0.717, 1.165) is 6.07 Å². The molecule has 0 spiro atoms. The molecule has 0 unspecified atom stereocenters. The number of anilines is 2. The Kier molecular flexibility index (Phi) is 4.24. The third-order valence-electron chi connectivity index (χ3n) is 2.02. The van der Waals surface area contributed by atoms with Crippen molar-refractivity contribution in [2.75, 3.05) is 23.3 Å². The SMILES string of the molecule is Nc1c(F)cc(F)cc1NCCCS(N)(=O)=O. The van der Waals surface area contributed by atoms with Crippen LogP contribution in [0, 0.1) is 11.6 Å². The summed E-state index contributed by atoms with van der Waals surface area (Å²) < 4.78 is 47.1. The number of benzene rings is 1. The summed E-state index contributed by atoms with van der Waals surface area (Å²) in [6.07, 6.45) is 0.219. The Bertz CT molecular complexity index is 505. The molecule has 0 radical (unpaired) electrons. The van der Waals surface area contributed by atoms with Crippen LogP contribution in [0.15, 0.2) is 12.1 Å². The molecule has 96 valence electrons. The number of hydrogen-bond acceptors (Lipinski definition) is 4. The highest BCUT2D eigenvalue weighted by atomic mass is 32.2. The summed E-state index contributed by atoms with van der Waals surface area (Å²) in [6.45, 7) is 0.198. The van der Waals surface area contributed by atoms with Crippen molar-refractivity contribution in [1.82, 2.24) is 0 Å². The van der Waals surface area contributed by atoms with E-state index in [-0.39, 0.29) is 30.1 Å². The molecule has 0 atom stereocenters. The van der Waals surface area contributed by atoms with E-state index in [2.05, 4.69) is 5.32 Å². The molecule has 1 aromatic carbocycles. The van der Waals surface area contributed by atoms with Gasteiger partial charge in [0.15, 0.2) is 5.82 Å². The molecule has 5 N–H and O–H groups in total. The van der Waals surface area contributed by atoms with Gasteiger partial charge in [-0.05, 0) is 12.5 Å². The van der Waals surface area contributed by atoms with Crippen LogP contribution in [0.5, 0.6) is 0 Å². The maximum absolute atomic E-state index is 13.0. The van der Waals surface area contributed by atoms with Crippen molar-refractivity contribution in [2.45, 2.75) is 6.42 Å². The quantitative estimate of drug-likeness (QED) is 0.537. The van der Waals surface area contributed by atoms with Crippen molar-refractivity contribution >= 4 is 21.4 Å². The molecular weight excluding hydrogens is 252 g/mol. The molecule has 0 saturated carbocycles. The zero-order valence-corrected chi connectivity index (χ0v) is 9.73. The predicted octanol–water partition coefficient (Wildman–Crippen LogP) is 0.638. The first kappa shape index (κ1) is 13.7. The maximum atomic E-state index is 13.0. The molecule has 17 heavy (non-hydrogen) atoms. The lowest BCUT2D eigenvalue weighted by Crippen LogP contribution is -2.19. The first-order valence-electron chi connectivity index (χ1n) is 4.78. The standard InChI is InChI=1S/C9H13F2N3O2S/c10-6-4-7(11)9(12)8(5-6)14-2-1-3-17(13,15)16/h4-5,14H,1-3,12H2,(H2,13,15,16). The summed E-state index contributed by atoms with van der Waals surface area (Å²) in [5, 5.41) is 7.43. The smallest absolute Gasteiger partial charge is 0.209 e. The Morgan fingerprint density at radius 1 is 1.29 bits per heavy atom. The van der Waals surface area contributed by atoms with Crippen molar-refractivity contribution < 1.29 is 17.2 Å². The van der Waals surface area contributed by atoms with Gasteiger partial charge in [-0.2, -0.15) is 0 Å². The van der Waals surface area contributed by atoms with Gasteiger partial charge in [-0.3, -0.25) is 0 Å². The number of hydrogen-bond donors (Lipinski definition) is 3. The number of nitrogens with one attached hydrogen (secondary N) is 1. The van der Waals surface area contributed by atoms with Crippen LogP contribution in [0.1, 0.15) is 6.42 Å². The number of halogens is 2. The Morgan fingerprint density at radius 3 is 2.53 bits per heavy atom. The molecule has 0 aromatic heterocycles. The largest absolute Gasteiger partial charge is 0.395 e. The van der Waals surface area contributed by atoms with Crippen LogP contribution in [-0.2, 0) is 10.0 Å². The van der Waals surface area contributed by atoms with Gasteiger partial charge in [0.05, 0.1) is 17.1 Å². The first-order valence-corrected chi connectivity index (χ1v) is 6.50. The van der Waals surface area contributed by atoms with Crippen LogP contribution in [0.3, 0.4) is 0 Å². The zero-order chi connectivity index (χ0) is 13.1. The minimum Gasteiger partial charge on any atom is -0.395 e. The fourth-order valence-corrected chi connectivity index (χ4v) is 1.77. The van der Waals surface area contributed by atoms with Crippen molar-refractivity contribution in [1.29, 1.82) is 0 Å². The van der Waals surface area contributed by atoms with Crippen LogP contribution in [0.4, 0.5) is 20.2 Å². The second-order valence-electron chi connectivity index (χ2n) is 3.50. The molecule has 0 heterocycles. The minimum atomic E-state index is -3.52. The second-order valence-corrected chi connectivity index (χ2v) is 5.23. The fraction of sp³-hybridized carbons (Fsp3) is 0.333. The fourth-order valence-electron chi connectivity index (χ4n) is 1.23. The molecule has 0 bridgehead atoms. The molecule has 0 saturated heterocycles. The molecule has 0 aliphatic heterocycles. The van der Waals surface area contributed by atoms with Gasteiger partial charge < -0.3 is 11.1 Å². The van der Waals surface area contributed by atoms with Crippen LogP contribution in [0.2, 0.25) is 0 Å². The van der Waals surface area contributed by atoms with E-state index in [9.17, 15) is 17.2 Å². The van der Waals surface area contributed by atoms with Crippen molar-refractivity contribution in [2.24, 2.45) is 5.14 Å². The summed E-state index contributed by atoms with van der Waals surface area (Å²) in [7, 11) is -3.52. The van der Waals surface area contributed by atoms with Crippen LogP contribution in [0.25, 0.3) is 0 Å². The second kappa shape index (κ2) is 5.28. The average Bonchev–Trinajstić information content (AvgIpc) is 2.18. The monoisotopic (exact) mass is 265 g/mol. The van der Waals surface area contributed by atoms with Gasteiger partial charge in [-0.25, -0.2) is 22.3 Å². The van der Waals surface area contributed by atoms with E-state index in [1.165, 1.54) is 0 Å². The van der Waals surface area contributed by atoms with E-state index in [1.54, 1.807) is 0 Å². The lowest BCUT2D eigenvalue weighted by Gasteiger charge is -2.09. The van der Waals surface area contributed by atoms with Gasteiger partial charge in [0.25, 0.3) is 0 Å². The van der Waals surface area contributed by atoms with Gasteiger partial charge in [0.2, 0.25) is 10.0 Å². The third-order valence-corrected chi connectivity index (χ3v) is 2.87. The molecule has 1 aromatic rings. The molecule has 5 nitrogen and oxygen atoms in total. The van der Waals surface area contributed by atoms with Gasteiger partial charge in [0.1, 0.15) is 5.82 Å². The van der Waals surface area contributed by atoms with Gasteiger partial charge in [-0.15, -0.1) is 0 Å². The van der Waals surface area contributed by atoms with Crippen molar-refractivity contribution in [3.05, 3.63) is 23.8 Å². The number of nitrogens with two attached hydrogens (primary N) is 2. The lowest BCUT2D eigenvalue weighted by molar-refractivity contribution is 0.586. The van der Waals surface area contributed by atoms with Crippen LogP contribution < -0.4 is 16.2 Å². The Labute approximate surface area is 97.8 Å². The third kappa shape index (κ3) is 4.53. The van der Waals surface area contributed by atoms with E-state index in [1.807, 2.05) is 0 Å². The van der Waals surface area contributed by atoms with E-state index in [4.69, 9.17) is 10.9 Å². The topological polar surface area (TPSA) is 98.2 Å². The predicted molar refractivity (Wildman–Crippen MR) is 61.9 cm³/mol. The van der Waals surface area contributed by atoms with Gasteiger partial charge >= 0.3 is 0 Å². The van der Waals surface area contributed by atoms with Gasteiger partial charge in [0, 0.05) is 12.6 Å². The molecule has 0 aliphatic rings. The molecule has 0 aliphatic carbocycles. The molecule has 0 fully saturated rings. The van der Waals surface area contributed by atoms with Crippen LogP contribution in [-0.4, -0.2) is 20.7 Å². The number of nitrogen functional groups attached to an aromatic ring is 1. The number of rotatable bonds is 5. The van der Waals surface area contributed by atoms with Crippen molar-refractivity contribution in [3.8, 4) is 0 Å². The Morgan fingerprint density at radius 2 is 1.94 bits per heavy atom. The first-order chi connectivity index (χ1) is 7.79. The summed E-state index contributed by atoms with van der Waals surface area (Å²) >= 11 is 0. The molecule has 1 rings (SSSR count). The summed E-state index contributed by atoms with van der Waals surface area (Å²) in [5.41, 5.74) is 5.26. The van der Waals surface area contributed by atoms with E-state index < -0.39 is 21.7 Å². The average molecular weight is 265 g/mol. The van der Waals surface area contributed by atoms with Gasteiger partial charge in [-0.1, -0.05) is 0 Å². The summed E-state index contributed by atoms with van der Waals surface area (Å²) in [5.74, 6) is -1.83. The molecule has 8 heteroatoms. The highest BCUT2D eigenvalue weighted by Gasteiger charge is 2.08. The summed E-state index contributed by atoms with van der Waals surface area (Å²) in [6, 6.07) is 1.71. The number of sulfonamides is 1. The number of primary sulfonamides is 1. The summed E-state index contributed by atoms with van der Waals surface area (Å²) in [4.78, 5) is 0. The van der Waals surface area contributed by atoms with Crippen molar-refractivity contribution in [3.63, 3.8) is 0 Å². The molecule has 0 amide bonds. The van der Waals surface area contributed by atoms with E-state index >= 15 is 0 Å². The Balaban J connectivity index is 2.58. The lowest BCUT2D eigenvalue weighted by atomic mass is 10.2. The van der Waals surface area contributed by atoms with Crippen LogP contribution >= 0.6 is 0 Å². The Hall–Kier alpha value is -1.41. The highest BCUT2D eigenvalue weighted by molar-refractivity contribution is 7.89. The maximum Gasteiger partial charge on any atom is 0.209 e. The van der Waals surface area contributed by atoms with E-state index in [0.29, 0.717) is 6.07 Å². The highest BCUT2D eigenvalue weighted by Crippen LogP contribution is 2.23. The minimum absolute atomic E-state index is 0.0944. The zero-order valence-electron chi connectivity index (χ0n) is 8.91. The normalized spacial score (nSPS) is 11.5.